The molecule has 1 fully saturated rings. The predicted molar refractivity (Wildman–Crippen MR) is 119 cm³/mol. The minimum absolute atomic E-state index is 0.146. The van der Waals surface area contributed by atoms with Crippen molar-refractivity contribution >= 4 is 46.2 Å². The van der Waals surface area contributed by atoms with Gasteiger partial charge in [0, 0.05) is 5.02 Å². The van der Waals surface area contributed by atoms with E-state index >= 15 is 0 Å². The number of amidine groups is 1. The molecule has 1 saturated heterocycles. The number of carbonyl (C=O) groups is 1. The van der Waals surface area contributed by atoms with Gasteiger partial charge in [-0.05, 0) is 65.4 Å². The van der Waals surface area contributed by atoms with Crippen molar-refractivity contribution in [1.29, 1.82) is 0 Å². The zero-order valence-electron chi connectivity index (χ0n) is 15.3. The number of aliphatic imine (C=N–C) groups is 1. The second kappa shape index (κ2) is 8.99. The smallest absolute Gasteiger partial charge is 0.264 e. The van der Waals surface area contributed by atoms with E-state index in [1.54, 1.807) is 0 Å². The van der Waals surface area contributed by atoms with Gasteiger partial charge in [0.1, 0.15) is 12.4 Å². The summed E-state index contributed by atoms with van der Waals surface area (Å²) < 4.78 is 5.79. The summed E-state index contributed by atoms with van der Waals surface area (Å²) >= 11 is 7.22. The van der Waals surface area contributed by atoms with Crippen LogP contribution in [0.25, 0.3) is 6.08 Å². The highest BCUT2D eigenvalue weighted by Gasteiger charge is 2.23. The third kappa shape index (κ3) is 5.28. The summed E-state index contributed by atoms with van der Waals surface area (Å²) in [4.78, 5) is 17.3. The van der Waals surface area contributed by atoms with Crippen LogP contribution in [0.15, 0.2) is 88.8 Å². The van der Waals surface area contributed by atoms with Crippen LogP contribution in [-0.2, 0) is 11.4 Å². The molecule has 0 aromatic heterocycles. The minimum Gasteiger partial charge on any atom is -0.489 e. The molecule has 0 unspecified atom stereocenters. The number of para-hydroxylation sites is 1. The van der Waals surface area contributed by atoms with E-state index in [1.807, 2.05) is 84.9 Å². The first-order valence-electron chi connectivity index (χ1n) is 8.98. The molecule has 3 aromatic rings. The average Bonchev–Trinajstić information content (AvgIpc) is 3.08. The molecule has 4 nitrogen and oxygen atoms in total. The molecule has 0 aliphatic carbocycles. The van der Waals surface area contributed by atoms with Crippen LogP contribution in [-0.4, -0.2) is 11.1 Å². The lowest BCUT2D eigenvalue weighted by atomic mass is 10.2. The topological polar surface area (TPSA) is 50.7 Å². The van der Waals surface area contributed by atoms with E-state index in [0.29, 0.717) is 21.7 Å². The molecule has 1 aliphatic rings. The van der Waals surface area contributed by atoms with Crippen molar-refractivity contribution in [3.05, 3.63) is 99.9 Å². The normalized spacial score (nSPS) is 16.2. The Balaban J connectivity index is 1.40. The first-order chi connectivity index (χ1) is 14.2. The van der Waals surface area contributed by atoms with Gasteiger partial charge < -0.3 is 10.1 Å². The number of thioether (sulfide) groups is 1. The average molecular weight is 421 g/mol. The number of rotatable bonds is 5. The van der Waals surface area contributed by atoms with Crippen LogP contribution >= 0.6 is 23.4 Å². The Morgan fingerprint density at radius 2 is 1.69 bits per heavy atom. The molecule has 3 aromatic carbocycles. The SMILES string of the molecule is O=C1NC(=Nc2ccccc2)S/C1=C/c1ccc(OCc2ccc(Cl)cc2)cc1. The van der Waals surface area contributed by atoms with Gasteiger partial charge in [-0.2, -0.15) is 0 Å². The second-order valence-electron chi connectivity index (χ2n) is 6.30. The Morgan fingerprint density at radius 1 is 0.966 bits per heavy atom. The standard InChI is InChI=1S/C23H17ClN2O2S/c24-18-10-6-17(7-11-18)15-28-20-12-8-16(9-13-20)14-21-22(27)26-23(29-21)25-19-4-2-1-3-5-19/h1-14H,15H2,(H,25,26,27)/b21-14+. The fourth-order valence-corrected chi connectivity index (χ4v) is 3.63. The summed E-state index contributed by atoms with van der Waals surface area (Å²) in [6.07, 6.45) is 1.84. The van der Waals surface area contributed by atoms with Gasteiger partial charge in [0.05, 0.1) is 10.6 Å². The predicted octanol–water partition coefficient (Wildman–Crippen LogP) is 5.81. The highest BCUT2D eigenvalue weighted by molar-refractivity contribution is 8.18. The van der Waals surface area contributed by atoms with Crippen LogP contribution in [0.5, 0.6) is 5.75 Å². The van der Waals surface area contributed by atoms with Gasteiger partial charge in [0.15, 0.2) is 5.17 Å². The minimum atomic E-state index is -0.146. The summed E-state index contributed by atoms with van der Waals surface area (Å²) in [5.74, 6) is 0.615. The second-order valence-corrected chi connectivity index (χ2v) is 7.77. The van der Waals surface area contributed by atoms with E-state index < -0.39 is 0 Å². The Labute approximate surface area is 178 Å². The van der Waals surface area contributed by atoms with E-state index in [1.165, 1.54) is 11.8 Å². The van der Waals surface area contributed by atoms with E-state index in [0.717, 1.165) is 22.6 Å². The largest absolute Gasteiger partial charge is 0.489 e. The zero-order valence-corrected chi connectivity index (χ0v) is 16.9. The molecule has 1 amide bonds. The third-order valence-electron chi connectivity index (χ3n) is 4.13. The van der Waals surface area contributed by atoms with Crippen LogP contribution < -0.4 is 10.1 Å². The lowest BCUT2D eigenvalue weighted by Gasteiger charge is -2.06. The van der Waals surface area contributed by atoms with Crippen molar-refractivity contribution in [3.63, 3.8) is 0 Å². The Morgan fingerprint density at radius 3 is 2.41 bits per heavy atom. The van der Waals surface area contributed by atoms with E-state index in [4.69, 9.17) is 16.3 Å². The highest BCUT2D eigenvalue weighted by Crippen LogP contribution is 2.28. The van der Waals surface area contributed by atoms with Crippen LogP contribution in [0.2, 0.25) is 5.02 Å². The number of hydrogen-bond acceptors (Lipinski definition) is 4. The van der Waals surface area contributed by atoms with Gasteiger partial charge in [-0.25, -0.2) is 4.99 Å². The number of amides is 1. The lowest BCUT2D eigenvalue weighted by Crippen LogP contribution is -2.19. The van der Waals surface area contributed by atoms with Gasteiger partial charge in [-0.1, -0.05) is 54.1 Å². The van der Waals surface area contributed by atoms with Gasteiger partial charge in [-0.15, -0.1) is 0 Å². The van der Waals surface area contributed by atoms with Gasteiger partial charge in [0.25, 0.3) is 5.91 Å². The van der Waals surface area contributed by atoms with E-state index in [9.17, 15) is 4.79 Å². The number of halogens is 1. The monoisotopic (exact) mass is 420 g/mol. The van der Waals surface area contributed by atoms with Crippen molar-refractivity contribution in [2.45, 2.75) is 6.61 Å². The van der Waals surface area contributed by atoms with Gasteiger partial charge in [0.2, 0.25) is 0 Å². The molecule has 0 saturated carbocycles. The highest BCUT2D eigenvalue weighted by atomic mass is 35.5. The maximum Gasteiger partial charge on any atom is 0.264 e. The van der Waals surface area contributed by atoms with Crippen molar-refractivity contribution in [2.24, 2.45) is 4.99 Å². The Kier molecular flexibility index (Phi) is 5.98. The summed E-state index contributed by atoms with van der Waals surface area (Å²) in [6.45, 7) is 0.467. The van der Waals surface area contributed by atoms with Crippen molar-refractivity contribution < 1.29 is 9.53 Å². The van der Waals surface area contributed by atoms with Crippen molar-refractivity contribution in [2.75, 3.05) is 0 Å². The number of hydrogen-bond donors (Lipinski definition) is 1. The lowest BCUT2D eigenvalue weighted by molar-refractivity contribution is -0.115. The summed E-state index contributed by atoms with van der Waals surface area (Å²) in [5, 5.41) is 4.08. The van der Waals surface area contributed by atoms with Crippen LogP contribution in [0.4, 0.5) is 5.69 Å². The number of nitrogens with one attached hydrogen (secondary N) is 1. The zero-order chi connectivity index (χ0) is 20.1. The Bertz CT molecular complexity index is 1060. The molecule has 1 N–H and O–H groups in total. The molecule has 0 spiro atoms. The summed E-state index contributed by atoms with van der Waals surface area (Å²) in [5.41, 5.74) is 2.77. The number of benzene rings is 3. The third-order valence-corrected chi connectivity index (χ3v) is 5.30. The van der Waals surface area contributed by atoms with E-state index in [-0.39, 0.29) is 5.91 Å². The van der Waals surface area contributed by atoms with Crippen LogP contribution in [0.3, 0.4) is 0 Å². The molecule has 4 rings (SSSR count). The quantitative estimate of drug-likeness (QED) is 0.530. The summed E-state index contributed by atoms with van der Waals surface area (Å²) in [6, 6.07) is 24.7. The molecule has 0 atom stereocenters. The molecule has 0 bridgehead atoms. The van der Waals surface area contributed by atoms with E-state index in [2.05, 4.69) is 10.3 Å². The fraction of sp³-hybridized carbons (Fsp3) is 0.0435. The maximum atomic E-state index is 12.2. The van der Waals surface area contributed by atoms with Gasteiger partial charge in [-0.3, -0.25) is 4.79 Å². The Hall–Kier alpha value is -3.02. The molecule has 1 heterocycles. The van der Waals surface area contributed by atoms with Crippen LogP contribution in [0.1, 0.15) is 11.1 Å². The van der Waals surface area contributed by atoms with Gasteiger partial charge >= 0.3 is 0 Å². The first kappa shape index (κ1) is 19.3. The molecule has 1 aliphatic heterocycles. The van der Waals surface area contributed by atoms with Crippen molar-refractivity contribution in [3.8, 4) is 5.75 Å². The summed E-state index contributed by atoms with van der Waals surface area (Å²) in [7, 11) is 0. The number of ether oxygens (including phenoxy) is 1. The maximum absolute atomic E-state index is 12.2. The molecule has 0 radical (unpaired) electrons. The molecular weight excluding hydrogens is 404 g/mol. The first-order valence-corrected chi connectivity index (χ1v) is 10.2. The van der Waals surface area contributed by atoms with Crippen LogP contribution in [0, 0.1) is 0 Å². The van der Waals surface area contributed by atoms with Crippen molar-refractivity contribution in [1.82, 2.24) is 5.32 Å². The molecular formula is C23H17ClN2O2S. The number of nitrogens with zero attached hydrogens (tertiary/aromatic N) is 1. The number of carbonyl (C=O) groups excluding carboxylic acids is 1. The molecule has 144 valence electrons. The molecule has 29 heavy (non-hydrogen) atoms. The molecule has 6 heteroatoms. The fourth-order valence-electron chi connectivity index (χ4n) is 2.66.